The molecule has 1 aliphatic heterocycles. The Kier molecular flexibility index (Phi) is 3.50. The van der Waals surface area contributed by atoms with Crippen LogP contribution in [0.4, 0.5) is 15.8 Å². The Labute approximate surface area is 126 Å². The molecule has 0 bridgehead atoms. The summed E-state index contributed by atoms with van der Waals surface area (Å²) in [5, 5.41) is 5.36. The number of fused-ring (bicyclic) bond motifs is 1. The zero-order chi connectivity index (χ0) is 15.7. The summed E-state index contributed by atoms with van der Waals surface area (Å²) in [6, 6.07) is 10.2. The van der Waals surface area contributed by atoms with Crippen molar-refractivity contribution in [1.29, 1.82) is 0 Å². The van der Waals surface area contributed by atoms with Crippen LogP contribution in [0, 0.1) is 5.82 Å². The van der Waals surface area contributed by atoms with Gasteiger partial charge in [-0.15, -0.1) is 0 Å². The van der Waals surface area contributed by atoms with E-state index in [4.69, 9.17) is 4.74 Å². The van der Waals surface area contributed by atoms with E-state index < -0.39 is 6.10 Å². The third-order valence-electron chi connectivity index (χ3n) is 3.28. The van der Waals surface area contributed by atoms with Gasteiger partial charge < -0.3 is 15.4 Å². The Bertz CT molecular complexity index is 744. The molecule has 1 atom stereocenters. The van der Waals surface area contributed by atoms with Crippen LogP contribution in [0.5, 0.6) is 5.75 Å². The molecular formula is C16H13FN2O3. The predicted octanol–water partition coefficient (Wildman–Crippen LogP) is 2.80. The van der Waals surface area contributed by atoms with Gasteiger partial charge in [-0.05, 0) is 49.4 Å². The molecule has 0 aliphatic carbocycles. The largest absolute Gasteiger partial charge is 0.479 e. The lowest BCUT2D eigenvalue weighted by Gasteiger charge is -2.23. The molecule has 1 unspecified atom stereocenters. The molecule has 0 fully saturated rings. The molecule has 22 heavy (non-hydrogen) atoms. The van der Waals surface area contributed by atoms with Crippen molar-refractivity contribution in [3.63, 3.8) is 0 Å². The fraction of sp³-hybridized carbons (Fsp3) is 0.125. The Morgan fingerprint density at radius 2 is 1.95 bits per heavy atom. The normalized spacial score (nSPS) is 16.3. The lowest BCUT2D eigenvalue weighted by molar-refractivity contribution is -0.122. The molecule has 2 aromatic rings. The average molecular weight is 300 g/mol. The van der Waals surface area contributed by atoms with Crippen LogP contribution < -0.4 is 15.4 Å². The van der Waals surface area contributed by atoms with Gasteiger partial charge >= 0.3 is 0 Å². The SMILES string of the molecule is CC1Oc2cc(C(=O)Nc3ccc(F)cc3)ccc2NC1=O. The summed E-state index contributed by atoms with van der Waals surface area (Å²) in [4.78, 5) is 23.7. The van der Waals surface area contributed by atoms with Crippen molar-refractivity contribution < 1.29 is 18.7 Å². The number of benzene rings is 2. The third kappa shape index (κ3) is 2.76. The van der Waals surface area contributed by atoms with Crippen molar-refractivity contribution in [3.8, 4) is 5.75 Å². The molecule has 0 spiro atoms. The summed E-state index contributed by atoms with van der Waals surface area (Å²) < 4.78 is 18.3. The first-order valence-electron chi connectivity index (χ1n) is 6.71. The molecule has 2 N–H and O–H groups in total. The van der Waals surface area contributed by atoms with E-state index >= 15 is 0 Å². The highest BCUT2D eigenvalue weighted by Gasteiger charge is 2.24. The Morgan fingerprint density at radius 1 is 1.23 bits per heavy atom. The van der Waals surface area contributed by atoms with Gasteiger partial charge in [0.15, 0.2) is 6.10 Å². The maximum Gasteiger partial charge on any atom is 0.265 e. The molecule has 0 aromatic heterocycles. The van der Waals surface area contributed by atoms with Gasteiger partial charge in [0, 0.05) is 11.3 Å². The summed E-state index contributed by atoms with van der Waals surface area (Å²) in [5.74, 6) is -0.498. The van der Waals surface area contributed by atoms with Crippen LogP contribution in [-0.4, -0.2) is 17.9 Å². The second-order valence-corrected chi connectivity index (χ2v) is 4.92. The first kappa shape index (κ1) is 14.1. The summed E-state index contributed by atoms with van der Waals surface area (Å²) in [6.07, 6.45) is -0.608. The van der Waals surface area contributed by atoms with Gasteiger partial charge in [-0.25, -0.2) is 4.39 Å². The monoisotopic (exact) mass is 300 g/mol. The molecule has 6 heteroatoms. The minimum atomic E-state index is -0.608. The van der Waals surface area contributed by atoms with Crippen molar-refractivity contribution in [2.75, 3.05) is 10.6 Å². The van der Waals surface area contributed by atoms with Gasteiger partial charge in [0.25, 0.3) is 11.8 Å². The van der Waals surface area contributed by atoms with E-state index in [1.54, 1.807) is 25.1 Å². The summed E-state index contributed by atoms with van der Waals surface area (Å²) in [7, 11) is 0. The van der Waals surface area contributed by atoms with E-state index in [1.807, 2.05) is 0 Å². The van der Waals surface area contributed by atoms with Crippen LogP contribution in [0.2, 0.25) is 0 Å². The number of carbonyl (C=O) groups excluding carboxylic acids is 2. The van der Waals surface area contributed by atoms with Crippen LogP contribution in [-0.2, 0) is 4.79 Å². The minimum Gasteiger partial charge on any atom is -0.479 e. The number of hydrogen-bond acceptors (Lipinski definition) is 3. The zero-order valence-electron chi connectivity index (χ0n) is 11.7. The van der Waals surface area contributed by atoms with Gasteiger partial charge in [0.1, 0.15) is 11.6 Å². The number of nitrogens with one attached hydrogen (secondary N) is 2. The first-order valence-corrected chi connectivity index (χ1v) is 6.71. The highest BCUT2D eigenvalue weighted by Crippen LogP contribution is 2.30. The number of ether oxygens (including phenoxy) is 1. The van der Waals surface area contributed by atoms with Gasteiger partial charge in [0.05, 0.1) is 5.69 Å². The molecule has 112 valence electrons. The molecule has 2 amide bonds. The van der Waals surface area contributed by atoms with E-state index in [0.717, 1.165) is 0 Å². The molecule has 0 saturated heterocycles. The van der Waals surface area contributed by atoms with E-state index in [-0.39, 0.29) is 17.6 Å². The molecule has 5 nitrogen and oxygen atoms in total. The molecule has 1 aliphatic rings. The van der Waals surface area contributed by atoms with Crippen LogP contribution in [0.25, 0.3) is 0 Å². The maximum absolute atomic E-state index is 12.8. The highest BCUT2D eigenvalue weighted by atomic mass is 19.1. The first-order chi connectivity index (χ1) is 10.5. The van der Waals surface area contributed by atoms with Gasteiger partial charge in [-0.2, -0.15) is 0 Å². The fourth-order valence-electron chi connectivity index (χ4n) is 2.08. The number of halogens is 1. The Balaban J connectivity index is 1.80. The standard InChI is InChI=1S/C16H13FN2O3/c1-9-15(20)19-13-7-2-10(8-14(13)22-9)16(21)18-12-5-3-11(17)4-6-12/h2-9H,1H3,(H,18,21)(H,19,20). The average Bonchev–Trinajstić information content (AvgIpc) is 2.50. The predicted molar refractivity (Wildman–Crippen MR) is 79.5 cm³/mol. The van der Waals surface area contributed by atoms with Crippen molar-refractivity contribution in [2.24, 2.45) is 0 Å². The van der Waals surface area contributed by atoms with E-state index in [1.165, 1.54) is 24.3 Å². The number of rotatable bonds is 2. The van der Waals surface area contributed by atoms with Crippen LogP contribution in [0.1, 0.15) is 17.3 Å². The van der Waals surface area contributed by atoms with E-state index in [2.05, 4.69) is 10.6 Å². The number of anilines is 2. The van der Waals surface area contributed by atoms with Crippen molar-refractivity contribution in [1.82, 2.24) is 0 Å². The lowest BCUT2D eigenvalue weighted by Crippen LogP contribution is -2.34. The van der Waals surface area contributed by atoms with E-state index in [0.29, 0.717) is 22.7 Å². The lowest BCUT2D eigenvalue weighted by atomic mass is 10.1. The Hall–Kier alpha value is -2.89. The second-order valence-electron chi connectivity index (χ2n) is 4.92. The summed E-state index contributed by atoms with van der Waals surface area (Å²) in [6.45, 7) is 1.63. The quantitative estimate of drug-likeness (QED) is 0.896. The number of hydrogen-bond donors (Lipinski definition) is 2. The molecule has 0 saturated carbocycles. The zero-order valence-corrected chi connectivity index (χ0v) is 11.7. The van der Waals surface area contributed by atoms with Crippen molar-refractivity contribution in [3.05, 3.63) is 53.8 Å². The number of amides is 2. The second kappa shape index (κ2) is 5.48. The van der Waals surface area contributed by atoms with Gasteiger partial charge in [-0.3, -0.25) is 9.59 Å². The summed E-state index contributed by atoms with van der Waals surface area (Å²) in [5.41, 5.74) is 1.40. The van der Waals surface area contributed by atoms with Crippen LogP contribution >= 0.6 is 0 Å². The van der Waals surface area contributed by atoms with Crippen molar-refractivity contribution >= 4 is 23.2 Å². The van der Waals surface area contributed by atoms with Crippen molar-refractivity contribution in [2.45, 2.75) is 13.0 Å². The molecule has 2 aromatic carbocycles. The molecule has 0 radical (unpaired) electrons. The Morgan fingerprint density at radius 3 is 2.68 bits per heavy atom. The number of carbonyl (C=O) groups is 2. The maximum atomic E-state index is 12.8. The smallest absolute Gasteiger partial charge is 0.265 e. The van der Waals surface area contributed by atoms with Gasteiger partial charge in [-0.1, -0.05) is 0 Å². The van der Waals surface area contributed by atoms with Gasteiger partial charge in [0.2, 0.25) is 0 Å². The van der Waals surface area contributed by atoms with Crippen LogP contribution in [0.15, 0.2) is 42.5 Å². The highest BCUT2D eigenvalue weighted by molar-refractivity contribution is 6.05. The molecular weight excluding hydrogens is 287 g/mol. The summed E-state index contributed by atoms with van der Waals surface area (Å²) >= 11 is 0. The molecule has 1 heterocycles. The van der Waals surface area contributed by atoms with Crippen LogP contribution in [0.3, 0.4) is 0 Å². The van der Waals surface area contributed by atoms with E-state index in [9.17, 15) is 14.0 Å². The molecule has 3 rings (SSSR count). The minimum absolute atomic E-state index is 0.226. The third-order valence-corrected chi connectivity index (χ3v) is 3.28. The fourth-order valence-corrected chi connectivity index (χ4v) is 2.08. The topological polar surface area (TPSA) is 67.4 Å².